The van der Waals surface area contributed by atoms with Gasteiger partial charge in [-0.3, -0.25) is 4.79 Å². The van der Waals surface area contributed by atoms with E-state index in [0.717, 1.165) is 6.42 Å². The molecule has 0 amide bonds. The Morgan fingerprint density at radius 2 is 2.29 bits per heavy atom. The summed E-state index contributed by atoms with van der Waals surface area (Å²) < 4.78 is 4.93. The summed E-state index contributed by atoms with van der Waals surface area (Å²) in [5, 5.41) is 2.06. The van der Waals surface area contributed by atoms with Gasteiger partial charge in [0.2, 0.25) is 0 Å². The van der Waals surface area contributed by atoms with Crippen LogP contribution in [0.25, 0.3) is 0 Å². The van der Waals surface area contributed by atoms with Gasteiger partial charge in [-0.05, 0) is 43.2 Å². The van der Waals surface area contributed by atoms with Crippen molar-refractivity contribution in [2.45, 2.75) is 39.7 Å². The number of rotatable bonds is 6. The number of hydrogen-bond acceptors (Lipinski definition) is 4. The number of thiophene rings is 1. The van der Waals surface area contributed by atoms with Crippen molar-refractivity contribution in [2.75, 3.05) is 6.61 Å². The normalized spacial score (nSPS) is 14.4. The molecule has 2 unspecified atom stereocenters. The molecule has 0 aromatic carbocycles. The zero-order chi connectivity index (χ0) is 12.8. The fourth-order valence-corrected chi connectivity index (χ4v) is 2.84. The molecule has 96 valence electrons. The highest BCUT2D eigenvalue weighted by molar-refractivity contribution is 7.10. The molecule has 17 heavy (non-hydrogen) atoms. The number of carbonyl (C=O) groups is 1. The maximum absolute atomic E-state index is 11.3. The number of esters is 1. The SMILES string of the molecule is CCOC(=O)CC(C)CC(N)c1sccc1C. The van der Waals surface area contributed by atoms with Gasteiger partial charge in [-0.15, -0.1) is 11.3 Å². The summed E-state index contributed by atoms with van der Waals surface area (Å²) >= 11 is 1.69. The fraction of sp³-hybridized carbons (Fsp3) is 0.615. The Hall–Kier alpha value is -0.870. The Labute approximate surface area is 107 Å². The van der Waals surface area contributed by atoms with Crippen molar-refractivity contribution in [3.63, 3.8) is 0 Å². The lowest BCUT2D eigenvalue weighted by Crippen LogP contribution is -2.17. The van der Waals surface area contributed by atoms with Crippen LogP contribution in [0.5, 0.6) is 0 Å². The van der Waals surface area contributed by atoms with Crippen LogP contribution >= 0.6 is 11.3 Å². The molecule has 2 N–H and O–H groups in total. The van der Waals surface area contributed by atoms with Crippen LogP contribution in [0.3, 0.4) is 0 Å². The van der Waals surface area contributed by atoms with Crippen LogP contribution < -0.4 is 5.73 Å². The molecule has 1 heterocycles. The quantitative estimate of drug-likeness (QED) is 0.795. The average molecular weight is 255 g/mol. The minimum absolute atomic E-state index is 0.0272. The summed E-state index contributed by atoms with van der Waals surface area (Å²) in [6, 6.07) is 2.11. The minimum Gasteiger partial charge on any atom is -0.466 e. The van der Waals surface area contributed by atoms with Crippen LogP contribution in [-0.2, 0) is 9.53 Å². The van der Waals surface area contributed by atoms with Crippen molar-refractivity contribution in [2.24, 2.45) is 11.7 Å². The molecule has 4 heteroatoms. The van der Waals surface area contributed by atoms with Gasteiger partial charge in [0.15, 0.2) is 0 Å². The molecule has 0 bridgehead atoms. The van der Waals surface area contributed by atoms with Crippen molar-refractivity contribution in [1.29, 1.82) is 0 Å². The molecule has 0 fully saturated rings. The fourth-order valence-electron chi connectivity index (χ4n) is 1.89. The Bertz CT molecular complexity index is 362. The Morgan fingerprint density at radius 3 is 2.82 bits per heavy atom. The van der Waals surface area contributed by atoms with Crippen LogP contribution in [0, 0.1) is 12.8 Å². The molecular weight excluding hydrogens is 234 g/mol. The maximum atomic E-state index is 11.3. The van der Waals surface area contributed by atoms with Crippen LogP contribution in [-0.4, -0.2) is 12.6 Å². The number of ether oxygens (including phenoxy) is 1. The summed E-state index contributed by atoms with van der Waals surface area (Å²) in [5.74, 6) is 0.126. The zero-order valence-electron chi connectivity index (χ0n) is 10.7. The first-order valence-electron chi connectivity index (χ1n) is 5.99. The second-order valence-electron chi connectivity index (χ2n) is 4.42. The Kier molecular flexibility index (Phi) is 5.65. The molecule has 0 radical (unpaired) electrons. The predicted octanol–water partition coefficient (Wildman–Crippen LogP) is 3.04. The van der Waals surface area contributed by atoms with Gasteiger partial charge < -0.3 is 10.5 Å². The number of aryl methyl sites for hydroxylation is 1. The lowest BCUT2D eigenvalue weighted by Gasteiger charge is -2.16. The van der Waals surface area contributed by atoms with Crippen molar-refractivity contribution in [3.8, 4) is 0 Å². The van der Waals surface area contributed by atoms with Gasteiger partial charge in [0.05, 0.1) is 6.61 Å². The number of nitrogens with two attached hydrogens (primary N) is 1. The van der Waals surface area contributed by atoms with E-state index in [2.05, 4.69) is 18.4 Å². The van der Waals surface area contributed by atoms with E-state index >= 15 is 0 Å². The third-order valence-corrected chi connectivity index (χ3v) is 3.87. The summed E-state index contributed by atoms with van der Waals surface area (Å²) in [5.41, 5.74) is 7.39. The lowest BCUT2D eigenvalue weighted by molar-refractivity contribution is -0.144. The number of hydrogen-bond donors (Lipinski definition) is 1. The molecule has 1 aromatic heterocycles. The second-order valence-corrected chi connectivity index (χ2v) is 5.37. The Morgan fingerprint density at radius 1 is 1.59 bits per heavy atom. The Balaban J connectivity index is 2.43. The van der Waals surface area contributed by atoms with E-state index < -0.39 is 0 Å². The molecule has 1 aromatic rings. The van der Waals surface area contributed by atoms with Crippen LogP contribution in [0.1, 0.15) is 43.2 Å². The molecule has 1 rings (SSSR count). The van der Waals surface area contributed by atoms with Crippen LogP contribution in [0.2, 0.25) is 0 Å². The first kappa shape index (κ1) is 14.2. The largest absolute Gasteiger partial charge is 0.466 e. The summed E-state index contributed by atoms with van der Waals surface area (Å²) in [6.45, 7) is 6.38. The first-order chi connectivity index (χ1) is 8.04. The van der Waals surface area contributed by atoms with E-state index in [1.165, 1.54) is 10.4 Å². The third kappa shape index (κ3) is 4.48. The van der Waals surface area contributed by atoms with E-state index in [4.69, 9.17) is 10.5 Å². The van der Waals surface area contributed by atoms with Gasteiger partial charge in [-0.25, -0.2) is 0 Å². The minimum atomic E-state index is -0.130. The highest BCUT2D eigenvalue weighted by Gasteiger charge is 2.17. The summed E-state index contributed by atoms with van der Waals surface area (Å²) in [4.78, 5) is 12.6. The van der Waals surface area contributed by atoms with E-state index in [1.54, 1.807) is 11.3 Å². The van der Waals surface area contributed by atoms with Gasteiger partial charge in [0.25, 0.3) is 0 Å². The highest BCUT2D eigenvalue weighted by atomic mass is 32.1. The monoisotopic (exact) mass is 255 g/mol. The summed E-state index contributed by atoms with van der Waals surface area (Å²) in [6.07, 6.45) is 1.27. The highest BCUT2D eigenvalue weighted by Crippen LogP contribution is 2.27. The molecule has 0 saturated carbocycles. The van der Waals surface area contributed by atoms with Gasteiger partial charge >= 0.3 is 5.97 Å². The van der Waals surface area contributed by atoms with E-state index in [0.29, 0.717) is 13.0 Å². The molecule has 0 aliphatic rings. The van der Waals surface area contributed by atoms with E-state index in [-0.39, 0.29) is 17.9 Å². The smallest absolute Gasteiger partial charge is 0.306 e. The predicted molar refractivity (Wildman–Crippen MR) is 71.0 cm³/mol. The average Bonchev–Trinajstić information content (AvgIpc) is 2.64. The standard InChI is InChI=1S/C13H21NO2S/c1-4-16-12(15)8-9(2)7-11(14)13-10(3)5-6-17-13/h5-6,9,11H,4,7-8,14H2,1-3H3. The molecule has 0 aliphatic carbocycles. The van der Waals surface area contributed by atoms with Crippen molar-refractivity contribution in [1.82, 2.24) is 0 Å². The zero-order valence-corrected chi connectivity index (χ0v) is 11.5. The summed E-state index contributed by atoms with van der Waals surface area (Å²) in [7, 11) is 0. The van der Waals surface area contributed by atoms with Crippen LogP contribution in [0.15, 0.2) is 11.4 Å². The van der Waals surface area contributed by atoms with E-state index in [9.17, 15) is 4.79 Å². The molecule has 0 spiro atoms. The topological polar surface area (TPSA) is 52.3 Å². The van der Waals surface area contributed by atoms with Crippen molar-refractivity contribution < 1.29 is 9.53 Å². The van der Waals surface area contributed by atoms with Crippen molar-refractivity contribution >= 4 is 17.3 Å². The van der Waals surface area contributed by atoms with Crippen molar-refractivity contribution in [3.05, 3.63) is 21.9 Å². The molecule has 0 aliphatic heterocycles. The van der Waals surface area contributed by atoms with Gasteiger partial charge in [0.1, 0.15) is 0 Å². The van der Waals surface area contributed by atoms with Gasteiger partial charge in [0, 0.05) is 17.3 Å². The molecule has 0 saturated heterocycles. The van der Waals surface area contributed by atoms with Gasteiger partial charge in [-0.1, -0.05) is 6.92 Å². The van der Waals surface area contributed by atoms with Gasteiger partial charge in [-0.2, -0.15) is 0 Å². The molecular formula is C13H21NO2S. The molecule has 2 atom stereocenters. The maximum Gasteiger partial charge on any atom is 0.306 e. The third-order valence-electron chi connectivity index (χ3n) is 2.72. The second kappa shape index (κ2) is 6.77. The van der Waals surface area contributed by atoms with E-state index in [1.807, 2.05) is 13.8 Å². The first-order valence-corrected chi connectivity index (χ1v) is 6.87. The van der Waals surface area contributed by atoms with Crippen LogP contribution in [0.4, 0.5) is 0 Å². The number of carbonyl (C=O) groups excluding carboxylic acids is 1. The molecule has 3 nitrogen and oxygen atoms in total. The lowest BCUT2D eigenvalue weighted by atomic mass is 9.97.